The van der Waals surface area contributed by atoms with Gasteiger partial charge in [-0.15, -0.1) is 11.3 Å². The number of fused-ring (bicyclic) bond motifs is 1. The van der Waals surface area contributed by atoms with Crippen LogP contribution in [0.2, 0.25) is 0 Å². The van der Waals surface area contributed by atoms with Crippen molar-refractivity contribution in [1.29, 1.82) is 0 Å². The third kappa shape index (κ3) is 5.34. The van der Waals surface area contributed by atoms with Gasteiger partial charge in [0, 0.05) is 4.88 Å². The van der Waals surface area contributed by atoms with Crippen molar-refractivity contribution < 1.29 is 18.8 Å². The molecule has 0 unspecified atom stereocenters. The largest absolute Gasteiger partial charge is 0.431 e. The number of hydrogen-bond donors (Lipinski definition) is 2. The topological polar surface area (TPSA) is 105 Å². The molecule has 0 saturated carbocycles. The van der Waals surface area contributed by atoms with E-state index in [0.29, 0.717) is 25.5 Å². The van der Waals surface area contributed by atoms with E-state index in [1.54, 1.807) is 12.1 Å². The molecule has 1 fully saturated rings. The molecule has 0 aliphatic carbocycles. The predicted molar refractivity (Wildman–Crippen MR) is 125 cm³/mol. The number of nitrogens with one attached hydrogen (secondary N) is 2. The highest BCUT2D eigenvalue weighted by molar-refractivity contribution is 8.26. The average Bonchev–Trinajstić information content (AvgIpc) is 3.47. The number of benzene rings is 1. The third-order valence-corrected chi connectivity index (χ3v) is 6.96. The summed E-state index contributed by atoms with van der Waals surface area (Å²) in [6.07, 6.45) is 1.74. The first kappa shape index (κ1) is 21.6. The summed E-state index contributed by atoms with van der Waals surface area (Å²) in [5.74, 6) is -1.34. The lowest BCUT2D eigenvalue weighted by molar-refractivity contribution is -0.131. The molecule has 0 spiro atoms. The molecule has 3 amide bonds. The molecule has 1 aliphatic heterocycles. The van der Waals surface area contributed by atoms with Gasteiger partial charge in [-0.1, -0.05) is 53.9 Å². The molecule has 1 aliphatic rings. The zero-order valence-electron chi connectivity index (χ0n) is 15.7. The minimum atomic E-state index is -0.561. The first-order chi connectivity index (χ1) is 15.0. The molecular weight excluding hydrogens is 477 g/mol. The lowest BCUT2D eigenvalue weighted by atomic mass is 10.3. The summed E-state index contributed by atoms with van der Waals surface area (Å²) in [5, 5.41) is 2.27. The van der Waals surface area contributed by atoms with Crippen LogP contribution in [0.25, 0.3) is 17.2 Å². The van der Waals surface area contributed by atoms with E-state index in [1.807, 2.05) is 35.7 Å². The molecular formula is C19H14N4O4S4. The number of carbonyl (C=O) groups is 3. The summed E-state index contributed by atoms with van der Waals surface area (Å²) in [6, 6.07) is 11.1. The Morgan fingerprint density at radius 2 is 2.00 bits per heavy atom. The molecule has 3 aromatic rings. The van der Waals surface area contributed by atoms with Crippen molar-refractivity contribution in [2.24, 2.45) is 0 Å². The number of nitrogens with zero attached hydrogens (tertiary/aromatic N) is 2. The second-order valence-electron chi connectivity index (χ2n) is 6.12. The molecule has 12 heteroatoms. The molecule has 1 saturated heterocycles. The second kappa shape index (κ2) is 9.64. The Hall–Kier alpha value is -2.67. The van der Waals surface area contributed by atoms with Gasteiger partial charge in [0.05, 0.1) is 10.7 Å². The van der Waals surface area contributed by atoms with E-state index < -0.39 is 11.8 Å². The zero-order chi connectivity index (χ0) is 21.8. The fourth-order valence-electron chi connectivity index (χ4n) is 2.54. The van der Waals surface area contributed by atoms with Crippen LogP contribution in [0.3, 0.4) is 0 Å². The van der Waals surface area contributed by atoms with Gasteiger partial charge in [-0.05, 0) is 29.7 Å². The number of amides is 3. The van der Waals surface area contributed by atoms with Crippen LogP contribution >= 0.6 is 47.1 Å². The Bertz CT molecular complexity index is 1160. The van der Waals surface area contributed by atoms with Gasteiger partial charge in [-0.2, -0.15) is 0 Å². The van der Waals surface area contributed by atoms with Crippen molar-refractivity contribution in [1.82, 2.24) is 20.7 Å². The molecule has 0 radical (unpaired) electrons. The maximum absolute atomic E-state index is 12.5. The van der Waals surface area contributed by atoms with Crippen molar-refractivity contribution in [3.63, 3.8) is 0 Å². The van der Waals surface area contributed by atoms with Crippen LogP contribution in [-0.4, -0.2) is 44.2 Å². The molecule has 8 nitrogen and oxygen atoms in total. The lowest BCUT2D eigenvalue weighted by Gasteiger charge is -2.14. The summed E-state index contributed by atoms with van der Waals surface area (Å²) < 4.78 is 5.82. The van der Waals surface area contributed by atoms with E-state index in [0.717, 1.165) is 28.4 Å². The van der Waals surface area contributed by atoms with Gasteiger partial charge in [0.2, 0.25) is 5.91 Å². The quantitative estimate of drug-likeness (QED) is 0.235. The van der Waals surface area contributed by atoms with Crippen molar-refractivity contribution >= 4 is 86.3 Å². The Morgan fingerprint density at radius 3 is 2.77 bits per heavy atom. The molecule has 0 atom stereocenters. The van der Waals surface area contributed by atoms with Gasteiger partial charge in [-0.25, -0.2) is 4.98 Å². The number of thiocarbonyl (C=S) groups is 1. The number of aromatic nitrogens is 1. The minimum absolute atomic E-state index is 0.00227. The van der Waals surface area contributed by atoms with Crippen molar-refractivity contribution in [2.45, 2.75) is 5.22 Å². The smallest absolute Gasteiger partial charge is 0.266 e. The summed E-state index contributed by atoms with van der Waals surface area (Å²) >= 11 is 8.96. The van der Waals surface area contributed by atoms with E-state index in [4.69, 9.17) is 16.6 Å². The van der Waals surface area contributed by atoms with Crippen molar-refractivity contribution in [2.75, 3.05) is 12.3 Å². The molecule has 3 heterocycles. The summed E-state index contributed by atoms with van der Waals surface area (Å²) in [7, 11) is 0. The lowest BCUT2D eigenvalue weighted by Crippen LogP contribution is -2.47. The van der Waals surface area contributed by atoms with Gasteiger partial charge in [0.1, 0.15) is 16.4 Å². The number of thiophene rings is 1. The van der Waals surface area contributed by atoms with Gasteiger partial charge in [0.25, 0.3) is 17.0 Å². The number of hydrogen-bond acceptors (Lipinski definition) is 9. The molecule has 2 aromatic heterocycles. The van der Waals surface area contributed by atoms with Gasteiger partial charge >= 0.3 is 0 Å². The van der Waals surface area contributed by atoms with Crippen LogP contribution in [-0.2, 0) is 14.4 Å². The monoisotopic (exact) mass is 490 g/mol. The van der Waals surface area contributed by atoms with Crippen LogP contribution in [0.15, 0.2) is 56.3 Å². The summed E-state index contributed by atoms with van der Waals surface area (Å²) in [4.78, 5) is 43.5. The number of thioether (sulfide) groups is 2. The first-order valence-electron chi connectivity index (χ1n) is 8.84. The summed E-state index contributed by atoms with van der Waals surface area (Å²) in [6.45, 7) is -0.287. The number of oxazole rings is 1. The van der Waals surface area contributed by atoms with Gasteiger partial charge < -0.3 is 4.42 Å². The van der Waals surface area contributed by atoms with Gasteiger partial charge in [0.15, 0.2) is 5.58 Å². The predicted octanol–water partition coefficient (Wildman–Crippen LogP) is 3.03. The molecule has 0 bridgehead atoms. The molecule has 158 valence electrons. The van der Waals surface area contributed by atoms with Crippen molar-refractivity contribution in [3.05, 3.63) is 51.6 Å². The highest BCUT2D eigenvalue weighted by Crippen LogP contribution is 2.33. The van der Waals surface area contributed by atoms with Crippen molar-refractivity contribution in [3.8, 4) is 0 Å². The van der Waals surface area contributed by atoms with Crippen LogP contribution in [0, 0.1) is 0 Å². The first-order valence-corrected chi connectivity index (χ1v) is 11.9. The number of rotatable bonds is 6. The highest BCUT2D eigenvalue weighted by atomic mass is 32.2. The van der Waals surface area contributed by atoms with E-state index in [2.05, 4.69) is 15.8 Å². The Morgan fingerprint density at radius 1 is 1.19 bits per heavy atom. The van der Waals surface area contributed by atoms with Gasteiger partial charge in [-0.3, -0.25) is 30.1 Å². The minimum Gasteiger partial charge on any atom is -0.431 e. The number of para-hydroxylation sites is 2. The fraction of sp³-hybridized carbons (Fsp3) is 0.105. The molecule has 2 N–H and O–H groups in total. The highest BCUT2D eigenvalue weighted by Gasteiger charge is 2.33. The maximum Gasteiger partial charge on any atom is 0.266 e. The maximum atomic E-state index is 12.5. The van der Waals surface area contributed by atoms with E-state index in [9.17, 15) is 14.4 Å². The SMILES string of the molecule is O=C(CSc1nc2ccccc2o1)NNC(=O)CN1C(=O)/C(=C\c2cccs2)SC1=S. The van der Waals surface area contributed by atoms with E-state index >= 15 is 0 Å². The van der Waals surface area contributed by atoms with Crippen LogP contribution in [0.4, 0.5) is 0 Å². The standard InChI is InChI=1S/C19H14N4O4S4/c24-15(9-23-17(26)14(31-19(23)28)8-11-4-3-7-29-11)21-22-16(25)10-30-18-20-12-5-1-2-6-13(12)27-18/h1-8H,9-10H2,(H,21,24)(H,22,25)/b14-8+. The zero-order valence-corrected chi connectivity index (χ0v) is 19.0. The van der Waals surface area contributed by atoms with E-state index in [-0.39, 0.29) is 18.2 Å². The van der Waals surface area contributed by atoms with Crippen LogP contribution < -0.4 is 10.9 Å². The summed E-state index contributed by atoms with van der Waals surface area (Å²) in [5.41, 5.74) is 5.94. The average molecular weight is 491 g/mol. The Kier molecular flexibility index (Phi) is 6.70. The second-order valence-corrected chi connectivity index (χ2v) is 9.70. The van der Waals surface area contributed by atoms with E-state index in [1.165, 1.54) is 16.2 Å². The normalized spacial score (nSPS) is 15.1. The third-order valence-electron chi connectivity index (χ3n) is 3.93. The molecule has 4 rings (SSSR count). The van der Waals surface area contributed by atoms with Crippen LogP contribution in [0.5, 0.6) is 0 Å². The Balaban J connectivity index is 1.24. The van der Waals surface area contributed by atoms with Crippen LogP contribution in [0.1, 0.15) is 4.88 Å². The fourth-order valence-corrected chi connectivity index (χ4v) is 5.15. The number of carbonyl (C=O) groups excluding carboxylic acids is 3. The number of hydrazine groups is 1. The Labute approximate surface area is 194 Å². The molecule has 31 heavy (non-hydrogen) atoms. The molecule has 1 aromatic carbocycles.